The van der Waals surface area contributed by atoms with E-state index in [4.69, 9.17) is 16.1 Å². The lowest BCUT2D eigenvalue weighted by molar-refractivity contribution is 0.228. The van der Waals surface area contributed by atoms with Crippen molar-refractivity contribution in [3.63, 3.8) is 0 Å². The molecule has 3 heterocycles. The molecule has 0 amide bonds. The van der Waals surface area contributed by atoms with Gasteiger partial charge in [-0.05, 0) is 48.4 Å². The first-order valence-electron chi connectivity index (χ1n) is 10.3. The summed E-state index contributed by atoms with van der Waals surface area (Å²) in [6.07, 6.45) is 0.810. The van der Waals surface area contributed by atoms with Gasteiger partial charge in [0.2, 0.25) is 0 Å². The Morgan fingerprint density at radius 3 is 2.71 bits per heavy atom. The zero-order valence-electron chi connectivity index (χ0n) is 17.8. The van der Waals surface area contributed by atoms with Crippen molar-refractivity contribution in [1.82, 2.24) is 19.2 Å². The average molecular weight is 438 g/mol. The molecule has 7 nitrogen and oxygen atoms in total. The van der Waals surface area contributed by atoms with Crippen LogP contribution in [0.25, 0.3) is 11.0 Å². The number of hydrogen-bond acceptors (Lipinski definition) is 5. The molecule has 0 fully saturated rings. The Morgan fingerprint density at radius 2 is 1.94 bits per heavy atom. The number of halogens is 1. The quantitative estimate of drug-likeness (QED) is 0.520. The van der Waals surface area contributed by atoms with Crippen molar-refractivity contribution in [3.8, 4) is 0 Å². The van der Waals surface area contributed by atoms with Gasteiger partial charge in [-0.25, -0.2) is 4.79 Å². The molecule has 1 aliphatic heterocycles. The number of aromatic nitrogens is 3. The maximum absolute atomic E-state index is 12.3. The third-order valence-corrected chi connectivity index (χ3v) is 6.35. The van der Waals surface area contributed by atoms with Gasteiger partial charge < -0.3 is 9.84 Å². The second kappa shape index (κ2) is 7.59. The molecule has 2 aromatic carbocycles. The van der Waals surface area contributed by atoms with Crippen molar-refractivity contribution < 1.29 is 4.52 Å². The highest BCUT2D eigenvalue weighted by Crippen LogP contribution is 2.30. The van der Waals surface area contributed by atoms with E-state index in [2.05, 4.69) is 34.4 Å². The highest BCUT2D eigenvalue weighted by atomic mass is 35.5. The number of nitrogens with one attached hydrogen (secondary N) is 1. The molecule has 31 heavy (non-hydrogen) atoms. The fraction of sp³-hybridized carbons (Fsp3) is 0.304. The average Bonchev–Trinajstić information content (AvgIpc) is 3.23. The van der Waals surface area contributed by atoms with Crippen LogP contribution in [-0.2, 0) is 33.6 Å². The van der Waals surface area contributed by atoms with Gasteiger partial charge >= 0.3 is 5.69 Å². The SMILES string of the molecule is Cc1cc2c(cc1CN1CCc3onc(Nc4cccc(Cl)c4)c3C1)n(C)c(=O)n2C. The minimum Gasteiger partial charge on any atom is -0.359 e. The molecular formula is C23H24ClN5O2. The van der Waals surface area contributed by atoms with Crippen LogP contribution in [0.2, 0.25) is 5.02 Å². The van der Waals surface area contributed by atoms with Crippen molar-refractivity contribution in [2.45, 2.75) is 26.4 Å². The predicted molar refractivity (Wildman–Crippen MR) is 122 cm³/mol. The first-order chi connectivity index (χ1) is 14.9. The molecule has 0 saturated heterocycles. The zero-order valence-corrected chi connectivity index (χ0v) is 18.5. The maximum Gasteiger partial charge on any atom is 0.328 e. The maximum atomic E-state index is 12.3. The van der Waals surface area contributed by atoms with Crippen LogP contribution >= 0.6 is 11.6 Å². The Balaban J connectivity index is 1.40. The summed E-state index contributed by atoms with van der Waals surface area (Å²) >= 11 is 6.11. The fourth-order valence-corrected chi connectivity index (χ4v) is 4.50. The van der Waals surface area contributed by atoms with Gasteiger partial charge in [-0.15, -0.1) is 0 Å². The van der Waals surface area contributed by atoms with Crippen molar-refractivity contribution in [1.29, 1.82) is 0 Å². The van der Waals surface area contributed by atoms with E-state index < -0.39 is 0 Å². The van der Waals surface area contributed by atoms with Crippen molar-refractivity contribution in [2.24, 2.45) is 14.1 Å². The van der Waals surface area contributed by atoms with Gasteiger partial charge in [-0.3, -0.25) is 14.0 Å². The zero-order chi connectivity index (χ0) is 21.7. The van der Waals surface area contributed by atoms with E-state index in [0.29, 0.717) is 5.02 Å². The van der Waals surface area contributed by atoms with E-state index in [1.807, 2.05) is 38.4 Å². The van der Waals surface area contributed by atoms with Crippen LogP contribution in [0.15, 0.2) is 45.7 Å². The van der Waals surface area contributed by atoms with Crippen LogP contribution in [0.4, 0.5) is 11.5 Å². The lowest BCUT2D eigenvalue weighted by Crippen LogP contribution is -2.30. The topological polar surface area (TPSA) is 68.2 Å². The summed E-state index contributed by atoms with van der Waals surface area (Å²) in [5.74, 6) is 1.66. The Hall–Kier alpha value is -3.03. The van der Waals surface area contributed by atoms with Crippen LogP contribution in [0.1, 0.15) is 22.5 Å². The molecule has 1 N–H and O–H groups in total. The minimum atomic E-state index is -0.00429. The van der Waals surface area contributed by atoms with E-state index in [1.165, 1.54) is 11.1 Å². The summed E-state index contributed by atoms with van der Waals surface area (Å²) in [6.45, 7) is 4.54. The van der Waals surface area contributed by atoms with E-state index >= 15 is 0 Å². The van der Waals surface area contributed by atoms with Crippen LogP contribution in [-0.4, -0.2) is 25.7 Å². The number of benzene rings is 2. The standard InChI is InChI=1S/C23H24ClN5O2/c1-14-9-19-20(28(3)23(30)27(19)2)10-15(14)12-29-8-7-21-18(13-29)22(26-31-21)25-17-6-4-5-16(24)11-17/h4-6,9-11H,7-8,12-13H2,1-3H3,(H,25,26). The molecule has 0 radical (unpaired) electrons. The molecule has 160 valence electrons. The molecule has 0 saturated carbocycles. The van der Waals surface area contributed by atoms with Crippen molar-refractivity contribution >= 4 is 34.1 Å². The number of imidazole rings is 1. The van der Waals surface area contributed by atoms with Gasteiger partial charge in [-0.1, -0.05) is 22.8 Å². The lowest BCUT2D eigenvalue weighted by atomic mass is 10.0. The Kier molecular flexibility index (Phi) is 4.87. The van der Waals surface area contributed by atoms with Crippen molar-refractivity contribution in [3.05, 3.63) is 74.4 Å². The van der Waals surface area contributed by atoms with E-state index in [1.54, 1.807) is 9.13 Å². The molecule has 0 bridgehead atoms. The van der Waals surface area contributed by atoms with Gasteiger partial charge in [0.25, 0.3) is 0 Å². The monoisotopic (exact) mass is 437 g/mol. The first-order valence-corrected chi connectivity index (χ1v) is 10.7. The van der Waals surface area contributed by atoms with Crippen LogP contribution in [0.5, 0.6) is 0 Å². The Morgan fingerprint density at radius 1 is 1.16 bits per heavy atom. The molecule has 2 aromatic heterocycles. The van der Waals surface area contributed by atoms with Gasteiger partial charge in [0, 0.05) is 50.9 Å². The summed E-state index contributed by atoms with van der Waals surface area (Å²) in [5, 5.41) is 8.25. The number of hydrogen-bond donors (Lipinski definition) is 1. The lowest BCUT2D eigenvalue weighted by Gasteiger charge is -2.26. The summed E-state index contributed by atoms with van der Waals surface area (Å²) in [7, 11) is 3.64. The minimum absolute atomic E-state index is 0.00429. The van der Waals surface area contributed by atoms with Gasteiger partial charge in [0.05, 0.1) is 16.6 Å². The molecular weight excluding hydrogens is 414 g/mol. The molecule has 5 rings (SSSR count). The Bertz CT molecular complexity index is 1350. The number of aryl methyl sites for hydroxylation is 3. The highest BCUT2D eigenvalue weighted by Gasteiger charge is 2.25. The third kappa shape index (κ3) is 3.54. The third-order valence-electron chi connectivity index (χ3n) is 6.12. The largest absolute Gasteiger partial charge is 0.359 e. The number of rotatable bonds is 4. The Labute approximate surface area is 184 Å². The predicted octanol–water partition coefficient (Wildman–Crippen LogP) is 4.13. The highest BCUT2D eigenvalue weighted by molar-refractivity contribution is 6.30. The molecule has 0 unspecified atom stereocenters. The van der Waals surface area contributed by atoms with Gasteiger partial charge in [0.15, 0.2) is 5.82 Å². The molecule has 8 heteroatoms. The number of fused-ring (bicyclic) bond motifs is 2. The summed E-state index contributed by atoms with van der Waals surface area (Å²) in [4.78, 5) is 14.7. The van der Waals surface area contributed by atoms with E-state index in [-0.39, 0.29) is 5.69 Å². The second-order valence-electron chi connectivity index (χ2n) is 8.20. The molecule has 1 aliphatic rings. The number of anilines is 2. The smallest absolute Gasteiger partial charge is 0.328 e. The van der Waals surface area contributed by atoms with Gasteiger partial charge in [-0.2, -0.15) is 0 Å². The summed E-state index contributed by atoms with van der Waals surface area (Å²) in [6, 6.07) is 11.8. The van der Waals surface area contributed by atoms with Gasteiger partial charge in [0.1, 0.15) is 5.76 Å². The molecule has 0 atom stereocenters. The molecule has 0 spiro atoms. The van der Waals surface area contributed by atoms with Crippen LogP contribution in [0, 0.1) is 6.92 Å². The second-order valence-corrected chi connectivity index (χ2v) is 8.63. The number of nitrogens with zero attached hydrogens (tertiary/aromatic N) is 4. The van der Waals surface area contributed by atoms with E-state index in [9.17, 15) is 4.79 Å². The van der Waals surface area contributed by atoms with Crippen LogP contribution in [0.3, 0.4) is 0 Å². The molecule has 0 aliphatic carbocycles. The van der Waals surface area contributed by atoms with Crippen LogP contribution < -0.4 is 11.0 Å². The summed E-state index contributed by atoms with van der Waals surface area (Å²) < 4.78 is 8.99. The van der Waals surface area contributed by atoms with Crippen molar-refractivity contribution in [2.75, 3.05) is 11.9 Å². The fourth-order valence-electron chi connectivity index (χ4n) is 4.31. The molecule has 4 aromatic rings. The summed E-state index contributed by atoms with van der Waals surface area (Å²) in [5.41, 5.74) is 6.28. The first kappa shape index (κ1) is 19.9. The van der Waals surface area contributed by atoms with E-state index in [0.717, 1.165) is 59.9 Å². The normalized spacial score (nSPS) is 14.2.